The Labute approximate surface area is 296 Å². The molecule has 0 bridgehead atoms. The number of rotatable bonds is 3. The van der Waals surface area contributed by atoms with Crippen LogP contribution in [0.2, 0.25) is 0 Å². The maximum atomic E-state index is 13.6. The minimum atomic E-state index is -5.14. The van der Waals surface area contributed by atoms with Crippen molar-refractivity contribution < 1.29 is 49.0 Å². The van der Waals surface area contributed by atoms with Crippen molar-refractivity contribution in [3.05, 3.63) is 19.6 Å². The lowest BCUT2D eigenvalue weighted by Crippen LogP contribution is -2.50. The van der Waals surface area contributed by atoms with Gasteiger partial charge in [-0.15, -0.1) is 8.61 Å². The second kappa shape index (κ2) is 11.6. The van der Waals surface area contributed by atoms with Crippen LogP contribution in [0.1, 0.15) is 41.5 Å². The first-order chi connectivity index (χ1) is 22.1. The summed E-state index contributed by atoms with van der Waals surface area (Å²) in [5.41, 5.74) is 3.42. The van der Waals surface area contributed by atoms with E-state index in [1.807, 2.05) is 0 Å². The smallest absolute Gasteiger partial charge is 0.365 e. The van der Waals surface area contributed by atoms with Gasteiger partial charge in [0.15, 0.2) is 0 Å². The van der Waals surface area contributed by atoms with Crippen LogP contribution in [0, 0.1) is 10.8 Å². The molecule has 4 aliphatic heterocycles. The van der Waals surface area contributed by atoms with Gasteiger partial charge >= 0.3 is 32.5 Å². The topological polar surface area (TPSA) is 300 Å². The van der Waals surface area contributed by atoms with Crippen LogP contribution < -0.4 is 16.0 Å². The maximum absolute atomic E-state index is 13.6. The molecule has 0 saturated heterocycles. The van der Waals surface area contributed by atoms with Gasteiger partial charge in [-0.2, -0.15) is 35.2 Å². The molecule has 0 aliphatic carbocycles. The number of thioether (sulfide) groups is 4. The first-order valence-electron chi connectivity index (χ1n) is 13.3. The van der Waals surface area contributed by atoms with Gasteiger partial charge < -0.3 is 5.73 Å². The van der Waals surface area contributed by atoms with Crippen LogP contribution in [0.15, 0.2) is 54.1 Å². The molecular formula is C24H25N7O11S7. The van der Waals surface area contributed by atoms with Crippen LogP contribution in [0.5, 0.6) is 0 Å². The summed E-state index contributed by atoms with van der Waals surface area (Å²) in [7, 11) is -15.0. The number of carbonyl (C=O) groups excluding carboxylic acids is 4. The number of nitrogen functional groups attached to an aromatic ring is 1. The molecule has 18 nitrogen and oxygen atoms in total. The van der Waals surface area contributed by atoms with E-state index in [2.05, 4.69) is 9.98 Å². The van der Waals surface area contributed by atoms with E-state index < -0.39 is 70.1 Å². The predicted octanol–water partition coefficient (Wildman–Crippen LogP) is 2.64. The molecule has 0 unspecified atom stereocenters. The number of hydrogen-bond donors (Lipinski definition) is 4. The van der Waals surface area contributed by atoms with Gasteiger partial charge in [-0.3, -0.25) is 14.1 Å². The fourth-order valence-electron chi connectivity index (χ4n) is 4.77. The number of nitrogens with zero attached hydrogens (tertiary/aromatic N) is 4. The van der Waals surface area contributed by atoms with Gasteiger partial charge in [-0.05, 0) is 0 Å². The predicted molar refractivity (Wildman–Crippen MR) is 183 cm³/mol. The van der Waals surface area contributed by atoms with Gasteiger partial charge in [-0.25, -0.2) is 19.9 Å². The zero-order valence-electron chi connectivity index (χ0n) is 25.9. The Morgan fingerprint density at radius 2 is 0.918 bits per heavy atom. The molecular weight excluding hydrogens is 787 g/mol. The molecule has 5 rings (SSSR count). The number of benzene rings is 1. The van der Waals surface area contributed by atoms with Crippen molar-refractivity contribution in [1.29, 1.82) is 0 Å². The summed E-state index contributed by atoms with van der Waals surface area (Å²) in [4.78, 5) is 59.0. The second-order valence-corrected chi connectivity index (χ2v) is 21.2. The summed E-state index contributed by atoms with van der Waals surface area (Å²) >= 11 is 2.74. The monoisotopic (exact) mass is 811 g/mol. The number of hydrogen-bond acceptors (Lipinski definition) is 15. The Hall–Kier alpha value is -2.75. The van der Waals surface area contributed by atoms with Crippen molar-refractivity contribution in [3.63, 3.8) is 0 Å². The number of amides is 6. The van der Waals surface area contributed by atoms with Gasteiger partial charge in [0.2, 0.25) is 0 Å². The molecule has 0 spiro atoms. The average Bonchev–Trinajstić information content (AvgIpc) is 3.50. The summed E-state index contributed by atoms with van der Waals surface area (Å²) in [5.74, 6) is -2.69. The molecule has 0 radical (unpaired) electrons. The maximum Gasteiger partial charge on any atom is 0.365 e. The molecule has 6 amide bonds. The normalized spacial score (nSPS) is 22.5. The number of carbonyl (C=O) groups is 4. The molecule has 0 atom stereocenters. The lowest BCUT2D eigenvalue weighted by molar-refractivity contribution is -0.121. The van der Waals surface area contributed by atoms with Crippen molar-refractivity contribution in [3.8, 4) is 0 Å². The van der Waals surface area contributed by atoms with Crippen molar-refractivity contribution >= 4 is 119 Å². The first-order valence-corrected chi connectivity index (χ1v) is 21.0. The highest BCUT2D eigenvalue weighted by Gasteiger charge is 2.49. The van der Waals surface area contributed by atoms with Crippen LogP contribution in [0.3, 0.4) is 0 Å². The van der Waals surface area contributed by atoms with Gasteiger partial charge in [-0.1, -0.05) is 88.6 Å². The lowest BCUT2D eigenvalue weighted by Gasteiger charge is -2.30. The summed E-state index contributed by atoms with van der Waals surface area (Å²) in [6, 6.07) is -2.90. The first kappa shape index (κ1) is 37.5. The van der Waals surface area contributed by atoms with Crippen molar-refractivity contribution in [1.82, 2.24) is 8.61 Å². The summed E-state index contributed by atoms with van der Waals surface area (Å²) in [6.07, 6.45) is 0. The van der Waals surface area contributed by atoms with Gasteiger partial charge in [0, 0.05) is 10.8 Å². The molecule has 1 aromatic carbocycles. The van der Waals surface area contributed by atoms with Gasteiger partial charge in [0.1, 0.15) is 4.90 Å². The Morgan fingerprint density at radius 3 is 1.18 bits per heavy atom. The van der Waals surface area contributed by atoms with E-state index in [0.29, 0.717) is 23.5 Å². The Bertz CT molecular complexity index is 2170. The number of imide groups is 2. The Balaban J connectivity index is 1.76. The molecule has 4 heterocycles. The minimum absolute atomic E-state index is 0.0133. The van der Waals surface area contributed by atoms with Crippen LogP contribution in [-0.4, -0.2) is 73.7 Å². The molecule has 49 heavy (non-hydrogen) atoms. The summed E-state index contributed by atoms with van der Waals surface area (Å²) < 4.78 is 84.8. The van der Waals surface area contributed by atoms with Gasteiger partial charge in [0.25, 0.3) is 21.9 Å². The van der Waals surface area contributed by atoms with Crippen molar-refractivity contribution in [2.24, 2.45) is 31.1 Å². The van der Waals surface area contributed by atoms with Gasteiger partial charge in [0.05, 0.1) is 56.3 Å². The SMILES string of the molecule is CC(C)(C)C1=NC(=O)N(S(N)(=O)=O)C(=O)/C1=C1/Sc2c(N)c3c(c(S(=O)(=O)O)c2S1)S/C(=C1/C(=O)N(S(N)(=O)=O)C(=O)N=C1C(C)(C)C)S3. The van der Waals surface area contributed by atoms with Crippen LogP contribution in [0.25, 0.3) is 0 Å². The molecule has 0 fully saturated rings. The number of anilines is 1. The molecule has 1 aromatic rings. The molecule has 4 aliphatic rings. The number of urea groups is 2. The van der Waals surface area contributed by atoms with Crippen molar-refractivity contribution in [2.45, 2.75) is 66.0 Å². The summed E-state index contributed by atoms with van der Waals surface area (Å²) in [5, 5.41) is 10.3. The number of fused-ring (bicyclic) bond motifs is 2. The van der Waals surface area contributed by atoms with Crippen LogP contribution in [0.4, 0.5) is 15.3 Å². The van der Waals surface area contributed by atoms with Crippen LogP contribution >= 0.6 is 47.0 Å². The van der Waals surface area contributed by atoms with Crippen LogP contribution in [-0.2, 0) is 40.1 Å². The van der Waals surface area contributed by atoms with E-state index in [4.69, 9.17) is 16.0 Å². The Kier molecular flexibility index (Phi) is 8.91. The van der Waals surface area contributed by atoms with E-state index in [9.17, 15) is 49.0 Å². The average molecular weight is 812 g/mol. The molecule has 0 saturated carbocycles. The van der Waals surface area contributed by atoms with E-state index in [0.717, 1.165) is 23.5 Å². The zero-order valence-corrected chi connectivity index (χ0v) is 31.6. The molecule has 7 N–H and O–H groups in total. The lowest BCUT2D eigenvalue weighted by atomic mass is 9.85. The molecule has 25 heteroatoms. The highest BCUT2D eigenvalue weighted by molar-refractivity contribution is 8.26. The van der Waals surface area contributed by atoms with E-state index in [-0.39, 0.29) is 64.9 Å². The third-order valence-electron chi connectivity index (χ3n) is 6.72. The standard InChI is InChI=1S/C24H25N7O11S7/c1-23(2,3)15-7(17(32)30(21(34)28-15)48(26,39)40)19-43-10-9(25)11-13(14(12(10)45-19)47(36,37)38)46-20(44-11)8-16(24(4,5)6)29-22(35)31(18(8)33)49(27,41)42/h25H2,1-6H3,(H2,26,39,40)(H2,27,41,42)(H,36,37,38)/b19-7-,20-8+. The molecule has 0 aromatic heterocycles. The minimum Gasteiger partial charge on any atom is -0.397 e. The highest BCUT2D eigenvalue weighted by Crippen LogP contribution is 2.66. The third kappa shape index (κ3) is 6.37. The van der Waals surface area contributed by atoms with E-state index >= 15 is 0 Å². The number of nitrogens with two attached hydrogens (primary N) is 3. The fraction of sp³-hybridized carbons (Fsp3) is 0.333. The largest absolute Gasteiger partial charge is 0.397 e. The summed E-state index contributed by atoms with van der Waals surface area (Å²) in [6.45, 7) is 9.57. The zero-order chi connectivity index (χ0) is 37.1. The highest BCUT2D eigenvalue weighted by atomic mass is 32.2. The Morgan fingerprint density at radius 1 is 0.612 bits per heavy atom. The van der Waals surface area contributed by atoms with E-state index in [1.165, 1.54) is 0 Å². The number of aliphatic imine (C=N–C) groups is 2. The second-order valence-electron chi connectivity index (χ2n) is 12.5. The van der Waals surface area contributed by atoms with Crippen molar-refractivity contribution in [2.75, 3.05) is 5.73 Å². The molecule has 264 valence electrons. The fourth-order valence-corrected chi connectivity index (χ4v) is 13.1. The quantitative estimate of drug-likeness (QED) is 0.194. The van der Waals surface area contributed by atoms with E-state index in [1.54, 1.807) is 41.5 Å². The third-order valence-corrected chi connectivity index (χ3v) is 14.9.